The molecule has 0 unspecified atom stereocenters. The van der Waals surface area contributed by atoms with E-state index in [0.717, 1.165) is 36.8 Å². The molecule has 9 heteroatoms. The van der Waals surface area contributed by atoms with Crippen LogP contribution in [-0.4, -0.2) is 57.1 Å². The SMILES string of the molecule is CC[C@H](C(=O)NC1CCCCC1)N(Cc1cccc(OC)c1)C(=O)CCCN(c1cccc(C)c1)S(C)(=O)=O. The van der Waals surface area contributed by atoms with Crippen LogP contribution < -0.4 is 14.4 Å². The second kappa shape index (κ2) is 14.4. The van der Waals surface area contributed by atoms with Crippen LogP contribution >= 0.6 is 0 Å². The van der Waals surface area contributed by atoms with Crippen molar-refractivity contribution in [1.82, 2.24) is 10.2 Å². The van der Waals surface area contributed by atoms with Gasteiger partial charge in [-0.05, 0) is 68.0 Å². The molecule has 8 nitrogen and oxygen atoms in total. The van der Waals surface area contributed by atoms with Crippen molar-refractivity contribution in [2.45, 2.75) is 83.8 Å². The lowest BCUT2D eigenvalue weighted by atomic mass is 9.95. The number of rotatable bonds is 13. The van der Waals surface area contributed by atoms with Gasteiger partial charge in [-0.2, -0.15) is 0 Å². The van der Waals surface area contributed by atoms with E-state index in [9.17, 15) is 18.0 Å². The Balaban J connectivity index is 1.77. The van der Waals surface area contributed by atoms with Crippen LogP contribution in [0, 0.1) is 6.92 Å². The Labute approximate surface area is 233 Å². The molecular formula is C30H43N3O5S. The molecule has 214 valence electrons. The van der Waals surface area contributed by atoms with Crippen LogP contribution in [0.1, 0.15) is 69.4 Å². The first-order valence-electron chi connectivity index (χ1n) is 13.9. The van der Waals surface area contributed by atoms with Crippen LogP contribution in [0.4, 0.5) is 5.69 Å². The minimum absolute atomic E-state index is 0.120. The smallest absolute Gasteiger partial charge is 0.243 e. The minimum Gasteiger partial charge on any atom is -0.497 e. The third-order valence-electron chi connectivity index (χ3n) is 7.27. The van der Waals surface area contributed by atoms with E-state index in [-0.39, 0.29) is 37.4 Å². The number of nitrogens with one attached hydrogen (secondary N) is 1. The third kappa shape index (κ3) is 8.98. The molecule has 1 aliphatic rings. The largest absolute Gasteiger partial charge is 0.497 e. The molecule has 0 spiro atoms. The predicted molar refractivity (Wildman–Crippen MR) is 155 cm³/mol. The van der Waals surface area contributed by atoms with E-state index in [1.54, 1.807) is 18.1 Å². The summed E-state index contributed by atoms with van der Waals surface area (Å²) in [5.74, 6) is 0.376. The number of hydrogen-bond acceptors (Lipinski definition) is 5. The van der Waals surface area contributed by atoms with E-state index in [2.05, 4.69) is 5.32 Å². The molecule has 2 amide bonds. The molecular weight excluding hydrogens is 514 g/mol. The quantitative estimate of drug-likeness (QED) is 0.382. The standard InChI is InChI=1S/C30H43N3O5S/c1-5-28(30(35)31-25-14-7-6-8-15-25)32(22-24-13-10-17-27(21-24)38-3)29(34)18-11-19-33(39(4,36)37)26-16-9-12-23(2)20-26/h9-10,12-13,16-17,20-21,25,28H,5-8,11,14-15,18-19,22H2,1-4H3,(H,31,35)/t28-/m1/s1. The van der Waals surface area contributed by atoms with Gasteiger partial charge in [-0.15, -0.1) is 0 Å². The van der Waals surface area contributed by atoms with Crippen molar-refractivity contribution in [1.29, 1.82) is 0 Å². The summed E-state index contributed by atoms with van der Waals surface area (Å²) in [5.41, 5.74) is 2.40. The van der Waals surface area contributed by atoms with Crippen molar-refractivity contribution >= 4 is 27.5 Å². The van der Waals surface area contributed by atoms with Gasteiger partial charge >= 0.3 is 0 Å². The van der Waals surface area contributed by atoms with E-state index < -0.39 is 16.1 Å². The molecule has 1 fully saturated rings. The number of sulfonamides is 1. The van der Waals surface area contributed by atoms with E-state index in [4.69, 9.17) is 4.74 Å². The molecule has 0 aromatic heterocycles. The van der Waals surface area contributed by atoms with Crippen LogP contribution in [0.5, 0.6) is 5.75 Å². The summed E-state index contributed by atoms with van der Waals surface area (Å²) in [6, 6.07) is 14.3. The zero-order chi connectivity index (χ0) is 28.4. The molecule has 0 bridgehead atoms. The first kappa shape index (κ1) is 30.5. The molecule has 0 aliphatic heterocycles. The maximum absolute atomic E-state index is 13.7. The average molecular weight is 558 g/mol. The fourth-order valence-electron chi connectivity index (χ4n) is 5.22. The average Bonchev–Trinajstić information content (AvgIpc) is 2.90. The second-order valence-electron chi connectivity index (χ2n) is 10.4. The van der Waals surface area contributed by atoms with Gasteiger partial charge in [-0.25, -0.2) is 8.42 Å². The van der Waals surface area contributed by atoms with Gasteiger partial charge in [-0.3, -0.25) is 13.9 Å². The van der Waals surface area contributed by atoms with Crippen molar-refractivity contribution < 1.29 is 22.7 Å². The zero-order valence-electron chi connectivity index (χ0n) is 23.7. The normalized spacial score (nSPS) is 14.9. The van der Waals surface area contributed by atoms with Gasteiger partial charge in [-0.1, -0.05) is 50.5 Å². The molecule has 0 heterocycles. The number of ether oxygens (including phenoxy) is 1. The lowest BCUT2D eigenvalue weighted by Crippen LogP contribution is -2.51. The fourth-order valence-corrected chi connectivity index (χ4v) is 6.18. The number of carbonyl (C=O) groups is 2. The Kier molecular flexibility index (Phi) is 11.2. The topological polar surface area (TPSA) is 96.0 Å². The number of carbonyl (C=O) groups excluding carboxylic acids is 2. The van der Waals surface area contributed by atoms with E-state index in [0.29, 0.717) is 24.3 Å². The number of methoxy groups -OCH3 is 1. The molecule has 0 radical (unpaired) electrons. The summed E-state index contributed by atoms with van der Waals surface area (Å²) in [4.78, 5) is 28.7. The predicted octanol–water partition coefficient (Wildman–Crippen LogP) is 4.81. The Morgan fingerprint density at radius 3 is 2.44 bits per heavy atom. The number of aryl methyl sites for hydroxylation is 1. The highest BCUT2D eigenvalue weighted by Gasteiger charge is 2.30. The number of nitrogens with zero attached hydrogens (tertiary/aromatic N) is 2. The molecule has 2 aromatic rings. The number of amides is 2. The summed E-state index contributed by atoms with van der Waals surface area (Å²) in [6.07, 6.45) is 7.43. The summed E-state index contributed by atoms with van der Waals surface area (Å²) in [7, 11) is -1.94. The minimum atomic E-state index is -3.53. The molecule has 39 heavy (non-hydrogen) atoms. The first-order chi connectivity index (χ1) is 18.6. The first-order valence-corrected chi connectivity index (χ1v) is 15.7. The second-order valence-corrected chi connectivity index (χ2v) is 12.3. The van der Waals surface area contributed by atoms with Crippen molar-refractivity contribution in [2.24, 2.45) is 0 Å². The molecule has 1 aliphatic carbocycles. The maximum atomic E-state index is 13.7. The molecule has 1 atom stereocenters. The van der Waals surface area contributed by atoms with Gasteiger partial charge in [0.05, 0.1) is 19.1 Å². The maximum Gasteiger partial charge on any atom is 0.243 e. The summed E-state index contributed by atoms with van der Waals surface area (Å²) in [5, 5.41) is 3.19. The highest BCUT2D eigenvalue weighted by molar-refractivity contribution is 7.92. The van der Waals surface area contributed by atoms with Crippen LogP contribution in [0.3, 0.4) is 0 Å². The van der Waals surface area contributed by atoms with E-state index in [1.807, 2.05) is 56.3 Å². The van der Waals surface area contributed by atoms with Gasteiger partial charge in [0, 0.05) is 25.6 Å². The van der Waals surface area contributed by atoms with Gasteiger partial charge in [0.15, 0.2) is 0 Å². The van der Waals surface area contributed by atoms with Gasteiger partial charge < -0.3 is 15.0 Å². The summed E-state index contributed by atoms with van der Waals surface area (Å²) in [6.45, 7) is 4.26. The van der Waals surface area contributed by atoms with Crippen LogP contribution in [0.25, 0.3) is 0 Å². The molecule has 1 N–H and O–H groups in total. The van der Waals surface area contributed by atoms with Gasteiger partial charge in [0.25, 0.3) is 0 Å². The fraction of sp³-hybridized carbons (Fsp3) is 0.533. The lowest BCUT2D eigenvalue weighted by Gasteiger charge is -2.33. The molecule has 0 saturated heterocycles. The number of anilines is 1. The Morgan fingerprint density at radius 1 is 1.08 bits per heavy atom. The summed E-state index contributed by atoms with van der Waals surface area (Å²) < 4.78 is 31.8. The van der Waals surface area contributed by atoms with Gasteiger partial charge in [0.2, 0.25) is 21.8 Å². The Morgan fingerprint density at radius 2 is 1.79 bits per heavy atom. The van der Waals surface area contributed by atoms with E-state index in [1.165, 1.54) is 17.0 Å². The Hall–Kier alpha value is -3.07. The number of hydrogen-bond donors (Lipinski definition) is 1. The van der Waals surface area contributed by atoms with Crippen molar-refractivity contribution in [2.75, 3.05) is 24.2 Å². The van der Waals surface area contributed by atoms with Crippen molar-refractivity contribution in [3.05, 3.63) is 59.7 Å². The highest BCUT2D eigenvalue weighted by atomic mass is 32.2. The molecule has 2 aromatic carbocycles. The van der Waals surface area contributed by atoms with Gasteiger partial charge in [0.1, 0.15) is 11.8 Å². The molecule has 1 saturated carbocycles. The highest BCUT2D eigenvalue weighted by Crippen LogP contribution is 2.22. The van der Waals surface area contributed by atoms with Crippen LogP contribution in [0.2, 0.25) is 0 Å². The Bertz CT molecular complexity index is 1210. The van der Waals surface area contributed by atoms with Crippen molar-refractivity contribution in [3.8, 4) is 5.75 Å². The number of benzene rings is 2. The van der Waals surface area contributed by atoms with Crippen LogP contribution in [0.15, 0.2) is 48.5 Å². The molecule has 3 rings (SSSR count). The van der Waals surface area contributed by atoms with Crippen molar-refractivity contribution in [3.63, 3.8) is 0 Å². The summed E-state index contributed by atoms with van der Waals surface area (Å²) >= 11 is 0. The third-order valence-corrected chi connectivity index (χ3v) is 8.46. The lowest BCUT2D eigenvalue weighted by molar-refractivity contribution is -0.141. The monoisotopic (exact) mass is 557 g/mol. The zero-order valence-corrected chi connectivity index (χ0v) is 24.5. The van der Waals surface area contributed by atoms with Crippen LogP contribution in [-0.2, 0) is 26.2 Å². The van der Waals surface area contributed by atoms with E-state index >= 15 is 0 Å².